The molecule has 0 radical (unpaired) electrons. The molecule has 0 aliphatic heterocycles. The van der Waals surface area contributed by atoms with Gasteiger partial charge in [0.25, 0.3) is 5.91 Å². The minimum absolute atomic E-state index is 0.224. The van der Waals surface area contributed by atoms with E-state index in [0.29, 0.717) is 22.4 Å². The average molecular weight is 432 g/mol. The molecule has 1 amide bonds. The van der Waals surface area contributed by atoms with E-state index in [2.05, 4.69) is 26.0 Å². The summed E-state index contributed by atoms with van der Waals surface area (Å²) in [6.45, 7) is 6.16. The molecule has 0 saturated carbocycles. The number of carbonyl (C=O) groups excluding carboxylic acids is 2. The van der Waals surface area contributed by atoms with Crippen molar-refractivity contribution < 1.29 is 18.7 Å². The van der Waals surface area contributed by atoms with Crippen molar-refractivity contribution in [2.75, 3.05) is 6.61 Å². The monoisotopic (exact) mass is 431 g/mol. The number of esters is 1. The molecule has 1 aromatic rings. The minimum Gasteiger partial charge on any atom is -0.465 e. The molecule has 0 aromatic heterocycles. The number of ether oxygens (including phenoxy) is 1. The lowest BCUT2D eigenvalue weighted by atomic mass is 10.2. The zero-order valence-electron chi connectivity index (χ0n) is 14.2. The number of carbonyl (C=O) groups is 2. The molecule has 1 rings (SSSR count). The Balaban J connectivity index is 3.07. The quantitative estimate of drug-likeness (QED) is 0.178. The van der Waals surface area contributed by atoms with E-state index >= 15 is 0 Å². The Morgan fingerprint density at radius 2 is 2.12 bits per heavy atom. The highest BCUT2D eigenvalue weighted by molar-refractivity contribution is 9.10. The zero-order valence-corrected chi connectivity index (χ0v) is 16.6. The molecule has 25 heavy (non-hydrogen) atoms. The van der Waals surface area contributed by atoms with Crippen LogP contribution in [0.15, 0.2) is 26.6 Å². The number of benzene rings is 1. The molecule has 1 atom stereocenters. The van der Waals surface area contributed by atoms with Crippen molar-refractivity contribution in [3.8, 4) is 0 Å². The largest absolute Gasteiger partial charge is 0.465 e. The van der Waals surface area contributed by atoms with Gasteiger partial charge in [-0.15, -0.1) is 11.8 Å². The number of thioether (sulfide) groups is 1. The minimum atomic E-state index is -1.01. The van der Waals surface area contributed by atoms with Gasteiger partial charge in [0.15, 0.2) is 0 Å². The zero-order chi connectivity index (χ0) is 19.0. The molecule has 0 spiro atoms. The van der Waals surface area contributed by atoms with Gasteiger partial charge >= 0.3 is 5.97 Å². The number of halogens is 2. The molecular formula is C16H19BrFN3O3S. The van der Waals surface area contributed by atoms with Gasteiger partial charge in [0.05, 0.1) is 12.2 Å². The summed E-state index contributed by atoms with van der Waals surface area (Å²) in [5, 5.41) is 2.43. The summed E-state index contributed by atoms with van der Waals surface area (Å²) in [5.74, 6) is -1.94. The summed E-state index contributed by atoms with van der Waals surface area (Å²) in [4.78, 5) is 26.8. The number of hydrogen-bond donors (Lipinski definition) is 0. The van der Waals surface area contributed by atoms with Gasteiger partial charge in [0.1, 0.15) is 11.1 Å². The van der Waals surface area contributed by atoms with Crippen LogP contribution in [0.25, 0.3) is 10.4 Å². The van der Waals surface area contributed by atoms with Crippen molar-refractivity contribution in [2.45, 2.75) is 43.8 Å². The Bertz CT molecular complexity index is 693. The third kappa shape index (κ3) is 6.68. The second-order valence-electron chi connectivity index (χ2n) is 5.68. The fourth-order valence-electron chi connectivity index (χ4n) is 1.86. The summed E-state index contributed by atoms with van der Waals surface area (Å²) < 4.78 is 19.6. The van der Waals surface area contributed by atoms with Crippen LogP contribution < -0.4 is 0 Å². The highest BCUT2D eigenvalue weighted by Gasteiger charge is 2.23. The van der Waals surface area contributed by atoms with Crippen LogP contribution in [-0.2, 0) is 9.53 Å². The van der Waals surface area contributed by atoms with Crippen LogP contribution in [0.1, 0.15) is 44.0 Å². The Hall–Kier alpha value is -1.57. The molecule has 1 unspecified atom stereocenters. The van der Waals surface area contributed by atoms with E-state index < -0.39 is 17.0 Å². The standard InChI is InChI=1S/C16H19BrFN3O3S/c1-4-5-13(16(23)24-8-9(2)3)25-14-6-10(15(22)20-21-19)12(18)7-11(14)17/h6-7,9,13H,4-5,8H2,1-3H3. The van der Waals surface area contributed by atoms with E-state index in [1.165, 1.54) is 17.8 Å². The molecule has 9 heteroatoms. The number of nitrogens with zero attached hydrogens (tertiary/aromatic N) is 3. The van der Waals surface area contributed by atoms with Crippen molar-refractivity contribution in [3.05, 3.63) is 38.4 Å². The third-order valence-corrected chi connectivity index (χ3v) is 5.25. The first kappa shape index (κ1) is 21.5. The molecule has 0 N–H and O–H groups in total. The lowest BCUT2D eigenvalue weighted by molar-refractivity contribution is -0.144. The van der Waals surface area contributed by atoms with Crippen LogP contribution in [-0.4, -0.2) is 23.7 Å². The first-order chi connectivity index (χ1) is 11.8. The fourth-order valence-corrected chi connectivity index (χ4v) is 3.64. The molecule has 0 aliphatic rings. The summed E-state index contributed by atoms with van der Waals surface area (Å²) in [5.41, 5.74) is 8.01. The number of hydrogen-bond acceptors (Lipinski definition) is 4. The van der Waals surface area contributed by atoms with Crippen molar-refractivity contribution >= 4 is 39.6 Å². The first-order valence-corrected chi connectivity index (χ1v) is 9.39. The van der Waals surface area contributed by atoms with Crippen molar-refractivity contribution in [2.24, 2.45) is 11.0 Å². The highest BCUT2D eigenvalue weighted by atomic mass is 79.9. The predicted octanol–water partition coefficient (Wildman–Crippen LogP) is 5.50. The van der Waals surface area contributed by atoms with Gasteiger partial charge in [-0.25, -0.2) is 4.39 Å². The first-order valence-electron chi connectivity index (χ1n) is 7.71. The lowest BCUT2D eigenvalue weighted by Crippen LogP contribution is -2.22. The summed E-state index contributed by atoms with van der Waals surface area (Å²) in [7, 11) is 0. The molecule has 136 valence electrons. The van der Waals surface area contributed by atoms with E-state index in [1.54, 1.807) is 0 Å². The molecule has 1 aromatic carbocycles. The van der Waals surface area contributed by atoms with E-state index in [0.717, 1.165) is 12.5 Å². The fraction of sp³-hybridized carbons (Fsp3) is 0.500. The molecule has 0 bridgehead atoms. The maximum Gasteiger partial charge on any atom is 0.319 e. The summed E-state index contributed by atoms with van der Waals surface area (Å²) >= 11 is 4.42. The second-order valence-corrected chi connectivity index (χ2v) is 7.78. The maximum atomic E-state index is 13.9. The van der Waals surface area contributed by atoms with Crippen LogP contribution in [0.4, 0.5) is 4.39 Å². The van der Waals surface area contributed by atoms with Gasteiger partial charge in [0, 0.05) is 14.3 Å². The normalized spacial score (nSPS) is 11.8. The van der Waals surface area contributed by atoms with Gasteiger partial charge in [-0.2, -0.15) is 0 Å². The van der Waals surface area contributed by atoms with Gasteiger partial charge < -0.3 is 4.74 Å². The highest BCUT2D eigenvalue weighted by Crippen LogP contribution is 2.35. The van der Waals surface area contributed by atoms with Crippen molar-refractivity contribution in [3.63, 3.8) is 0 Å². The summed E-state index contributed by atoms with van der Waals surface area (Å²) in [6.07, 6.45) is 1.34. The van der Waals surface area contributed by atoms with Gasteiger partial charge in [-0.3, -0.25) is 9.59 Å². The maximum absolute atomic E-state index is 13.9. The molecule has 6 nitrogen and oxygen atoms in total. The Morgan fingerprint density at radius 3 is 2.68 bits per heavy atom. The van der Waals surface area contributed by atoms with Crippen molar-refractivity contribution in [1.82, 2.24) is 0 Å². The number of amides is 1. The Kier molecular flexibility index (Phi) is 8.96. The third-order valence-electron chi connectivity index (χ3n) is 3.03. The topological polar surface area (TPSA) is 92.1 Å². The molecular weight excluding hydrogens is 413 g/mol. The SMILES string of the molecule is CCCC(Sc1cc(C(=O)N=[N+]=[N-])c(F)cc1Br)C(=O)OCC(C)C. The van der Waals surface area contributed by atoms with Crippen LogP contribution >= 0.6 is 27.7 Å². The van der Waals surface area contributed by atoms with Gasteiger partial charge in [0.2, 0.25) is 0 Å². The van der Waals surface area contributed by atoms with Crippen LogP contribution in [0.3, 0.4) is 0 Å². The van der Waals surface area contributed by atoms with E-state index in [1.807, 2.05) is 20.8 Å². The smallest absolute Gasteiger partial charge is 0.319 e. The number of azide groups is 1. The number of rotatable bonds is 8. The van der Waals surface area contributed by atoms with Crippen molar-refractivity contribution in [1.29, 1.82) is 0 Å². The van der Waals surface area contributed by atoms with Crippen LogP contribution in [0.2, 0.25) is 0 Å². The molecule has 0 fully saturated rings. The van der Waals surface area contributed by atoms with E-state index in [4.69, 9.17) is 10.3 Å². The Labute approximate surface area is 158 Å². The summed E-state index contributed by atoms with van der Waals surface area (Å²) in [6, 6.07) is 2.39. The van der Waals surface area contributed by atoms with Crippen LogP contribution in [0, 0.1) is 11.7 Å². The Morgan fingerprint density at radius 1 is 1.44 bits per heavy atom. The lowest BCUT2D eigenvalue weighted by Gasteiger charge is -2.17. The molecule has 0 aliphatic carbocycles. The van der Waals surface area contributed by atoms with Gasteiger partial charge in [-0.05, 0) is 51.0 Å². The average Bonchev–Trinajstić information content (AvgIpc) is 2.54. The second kappa shape index (κ2) is 10.4. The van der Waals surface area contributed by atoms with Gasteiger partial charge in [-0.1, -0.05) is 27.2 Å². The predicted molar refractivity (Wildman–Crippen MR) is 97.9 cm³/mol. The van der Waals surface area contributed by atoms with Crippen LogP contribution in [0.5, 0.6) is 0 Å². The van der Waals surface area contributed by atoms with E-state index in [-0.39, 0.29) is 17.5 Å². The molecule has 0 saturated heterocycles. The van der Waals surface area contributed by atoms with E-state index in [9.17, 15) is 14.0 Å². The molecule has 0 heterocycles.